The maximum atomic E-state index is 11.3. The molecule has 0 radical (unpaired) electrons. The van der Waals surface area contributed by atoms with Gasteiger partial charge in [0.15, 0.2) is 0 Å². The minimum absolute atomic E-state index is 0.118. The molecule has 0 aliphatic rings. The van der Waals surface area contributed by atoms with Crippen molar-refractivity contribution in [2.24, 2.45) is 0 Å². The molecule has 20 heavy (non-hydrogen) atoms. The van der Waals surface area contributed by atoms with Gasteiger partial charge in [-0.15, -0.1) is 13.2 Å². The smallest absolute Gasteiger partial charge is 0.334 e. The van der Waals surface area contributed by atoms with Gasteiger partial charge in [0.25, 0.3) is 0 Å². The molecule has 0 rings (SSSR count). The zero-order chi connectivity index (χ0) is 15.7. The summed E-state index contributed by atoms with van der Waals surface area (Å²) in [5, 5.41) is 18.5. The van der Waals surface area contributed by atoms with Crippen molar-refractivity contribution >= 4 is 11.9 Å². The van der Waals surface area contributed by atoms with Gasteiger partial charge in [0.05, 0.1) is 36.6 Å². The van der Waals surface area contributed by atoms with E-state index in [-0.39, 0.29) is 24.4 Å². The molecule has 0 aromatic rings. The van der Waals surface area contributed by atoms with Crippen LogP contribution in [0.3, 0.4) is 0 Å². The summed E-state index contributed by atoms with van der Waals surface area (Å²) in [6, 6.07) is 0. The average Bonchev–Trinajstić information content (AvgIpc) is 2.38. The standard InChI is InChI=1S/C14H20O6/c1-5-7-19-9(3)11(13(15)16)12(14(17)18)10(4)20-8-6-2/h5-6,9-10H,1-2,7-8H2,3-4H3,(H,15,16)(H,17,18)/b12-11+. The van der Waals surface area contributed by atoms with E-state index in [1.165, 1.54) is 26.0 Å². The first kappa shape index (κ1) is 18.1. The van der Waals surface area contributed by atoms with Crippen molar-refractivity contribution in [3.05, 3.63) is 36.5 Å². The quantitative estimate of drug-likeness (QED) is 0.468. The monoisotopic (exact) mass is 284 g/mol. The van der Waals surface area contributed by atoms with Crippen molar-refractivity contribution < 1.29 is 29.3 Å². The van der Waals surface area contributed by atoms with E-state index >= 15 is 0 Å². The summed E-state index contributed by atoms with van der Waals surface area (Å²) in [6.45, 7) is 10.1. The van der Waals surface area contributed by atoms with Gasteiger partial charge in [-0.3, -0.25) is 0 Å². The first-order chi connectivity index (χ1) is 9.36. The molecule has 0 amide bonds. The van der Waals surface area contributed by atoms with Crippen molar-refractivity contribution in [3.63, 3.8) is 0 Å². The van der Waals surface area contributed by atoms with E-state index in [1.54, 1.807) is 0 Å². The van der Waals surface area contributed by atoms with Crippen LogP contribution in [0.15, 0.2) is 36.5 Å². The Kier molecular flexibility index (Phi) is 8.19. The Balaban J connectivity index is 5.54. The second-order valence-corrected chi connectivity index (χ2v) is 3.97. The lowest BCUT2D eigenvalue weighted by molar-refractivity contribution is -0.138. The van der Waals surface area contributed by atoms with Gasteiger partial charge < -0.3 is 19.7 Å². The first-order valence-corrected chi connectivity index (χ1v) is 6.02. The topological polar surface area (TPSA) is 93.1 Å². The highest BCUT2D eigenvalue weighted by atomic mass is 16.5. The van der Waals surface area contributed by atoms with Crippen LogP contribution in [-0.2, 0) is 19.1 Å². The molecule has 6 heteroatoms. The highest BCUT2D eigenvalue weighted by molar-refractivity contribution is 6.00. The average molecular weight is 284 g/mol. The summed E-state index contributed by atoms with van der Waals surface area (Å²) >= 11 is 0. The maximum absolute atomic E-state index is 11.3. The summed E-state index contributed by atoms with van der Waals surface area (Å²) in [7, 11) is 0. The van der Waals surface area contributed by atoms with Gasteiger partial charge in [0.2, 0.25) is 0 Å². The summed E-state index contributed by atoms with van der Waals surface area (Å²) in [5.74, 6) is -2.71. The molecule has 2 unspecified atom stereocenters. The molecule has 2 atom stereocenters. The Morgan fingerprint density at radius 1 is 0.950 bits per heavy atom. The molecule has 2 N–H and O–H groups in total. The van der Waals surface area contributed by atoms with Gasteiger partial charge in [-0.1, -0.05) is 12.2 Å². The van der Waals surface area contributed by atoms with Gasteiger partial charge in [0.1, 0.15) is 0 Å². The Hall–Kier alpha value is -1.92. The second kappa shape index (κ2) is 9.06. The van der Waals surface area contributed by atoms with E-state index in [1.807, 2.05) is 0 Å². The first-order valence-electron chi connectivity index (χ1n) is 6.02. The molecular weight excluding hydrogens is 264 g/mol. The van der Waals surface area contributed by atoms with E-state index in [0.29, 0.717) is 0 Å². The van der Waals surface area contributed by atoms with Crippen LogP contribution in [0.4, 0.5) is 0 Å². The molecule has 0 aromatic heterocycles. The molecule has 0 saturated heterocycles. The molecule has 0 aliphatic heterocycles. The van der Waals surface area contributed by atoms with Crippen molar-refractivity contribution in [1.29, 1.82) is 0 Å². The van der Waals surface area contributed by atoms with Crippen LogP contribution in [0.5, 0.6) is 0 Å². The fourth-order valence-electron chi connectivity index (χ4n) is 1.61. The lowest BCUT2D eigenvalue weighted by atomic mass is 9.99. The summed E-state index contributed by atoms with van der Waals surface area (Å²) < 4.78 is 10.4. The molecule has 6 nitrogen and oxygen atoms in total. The Morgan fingerprint density at radius 3 is 1.45 bits per heavy atom. The third kappa shape index (κ3) is 5.38. The van der Waals surface area contributed by atoms with Crippen LogP contribution >= 0.6 is 0 Å². The largest absolute Gasteiger partial charge is 0.478 e. The zero-order valence-corrected chi connectivity index (χ0v) is 11.7. The molecule has 0 bridgehead atoms. The predicted molar refractivity (Wildman–Crippen MR) is 73.5 cm³/mol. The van der Waals surface area contributed by atoms with Crippen molar-refractivity contribution in [3.8, 4) is 0 Å². The van der Waals surface area contributed by atoms with Crippen LogP contribution in [0.1, 0.15) is 13.8 Å². The lowest BCUT2D eigenvalue weighted by Crippen LogP contribution is -2.29. The lowest BCUT2D eigenvalue weighted by Gasteiger charge is -2.20. The fraction of sp³-hybridized carbons (Fsp3) is 0.429. The molecule has 0 heterocycles. The summed E-state index contributed by atoms with van der Waals surface area (Å²) in [6.07, 6.45) is 1.11. The van der Waals surface area contributed by atoms with Gasteiger partial charge in [-0.25, -0.2) is 9.59 Å². The number of hydrogen-bond acceptors (Lipinski definition) is 4. The predicted octanol–water partition coefficient (Wildman–Crippen LogP) is 1.63. The number of aliphatic carboxylic acids is 2. The molecular formula is C14H20O6. The maximum Gasteiger partial charge on any atom is 0.334 e. The van der Waals surface area contributed by atoms with E-state index in [2.05, 4.69) is 13.2 Å². The van der Waals surface area contributed by atoms with Gasteiger partial charge in [-0.05, 0) is 13.8 Å². The minimum Gasteiger partial charge on any atom is -0.478 e. The van der Waals surface area contributed by atoms with Gasteiger partial charge in [-0.2, -0.15) is 0 Å². The van der Waals surface area contributed by atoms with Crippen molar-refractivity contribution in [2.45, 2.75) is 26.1 Å². The van der Waals surface area contributed by atoms with E-state index in [9.17, 15) is 19.8 Å². The van der Waals surface area contributed by atoms with Gasteiger partial charge in [0, 0.05) is 0 Å². The number of rotatable bonds is 10. The Bertz CT molecular complexity index is 372. The van der Waals surface area contributed by atoms with Gasteiger partial charge >= 0.3 is 11.9 Å². The third-order valence-corrected chi connectivity index (χ3v) is 2.49. The van der Waals surface area contributed by atoms with Crippen molar-refractivity contribution in [2.75, 3.05) is 13.2 Å². The zero-order valence-electron chi connectivity index (χ0n) is 11.7. The normalized spacial score (nSPS) is 14.9. The molecule has 0 aliphatic carbocycles. The SMILES string of the molecule is C=CCOC(C)/C(C(=O)O)=C(\C(=O)O)C(C)OCC=C. The number of hydrogen-bond donors (Lipinski definition) is 2. The summed E-state index contributed by atoms with van der Waals surface area (Å²) in [5.41, 5.74) is -0.674. The summed E-state index contributed by atoms with van der Waals surface area (Å²) in [4.78, 5) is 22.7. The fourth-order valence-corrected chi connectivity index (χ4v) is 1.61. The number of ether oxygens (including phenoxy) is 2. The molecule has 112 valence electrons. The molecule has 0 aromatic carbocycles. The van der Waals surface area contributed by atoms with Crippen molar-refractivity contribution in [1.82, 2.24) is 0 Å². The number of carbonyl (C=O) groups is 2. The van der Waals surface area contributed by atoms with Crippen LogP contribution in [0, 0.1) is 0 Å². The van der Waals surface area contributed by atoms with Crippen LogP contribution in [0.25, 0.3) is 0 Å². The van der Waals surface area contributed by atoms with Crippen LogP contribution < -0.4 is 0 Å². The molecule has 0 saturated carbocycles. The second-order valence-electron chi connectivity index (χ2n) is 3.97. The number of carboxylic acids is 2. The number of carboxylic acid groups (broad SMARTS) is 2. The highest BCUT2D eigenvalue weighted by Crippen LogP contribution is 2.19. The van der Waals surface area contributed by atoms with Crippen LogP contribution in [0.2, 0.25) is 0 Å². The minimum atomic E-state index is -1.35. The third-order valence-electron chi connectivity index (χ3n) is 2.49. The Morgan fingerprint density at radius 2 is 1.25 bits per heavy atom. The van der Waals surface area contributed by atoms with Crippen LogP contribution in [-0.4, -0.2) is 47.6 Å². The van der Waals surface area contributed by atoms with E-state index < -0.39 is 24.1 Å². The highest BCUT2D eigenvalue weighted by Gasteiger charge is 2.29. The Labute approximate surface area is 118 Å². The van der Waals surface area contributed by atoms with E-state index in [4.69, 9.17) is 9.47 Å². The van der Waals surface area contributed by atoms with E-state index in [0.717, 1.165) is 0 Å². The molecule has 0 fully saturated rings. The molecule has 0 spiro atoms.